The van der Waals surface area contributed by atoms with Crippen LogP contribution in [0.5, 0.6) is 0 Å². The number of aliphatic hydroxyl groups excluding tert-OH is 1. The van der Waals surface area contributed by atoms with Crippen molar-refractivity contribution in [3.05, 3.63) is 125 Å². The molecule has 1 spiro atoms. The summed E-state index contributed by atoms with van der Waals surface area (Å²) in [6.45, 7) is 2.52. The van der Waals surface area contributed by atoms with Gasteiger partial charge in [-0.25, -0.2) is 0 Å². The molecule has 11 nitrogen and oxygen atoms in total. The average molecular weight is 812 g/mol. The van der Waals surface area contributed by atoms with Crippen LogP contribution in [-0.2, 0) is 37.0 Å². The van der Waals surface area contributed by atoms with E-state index in [0.29, 0.717) is 43.8 Å². The molecule has 4 fully saturated rings. The standard InChI is InChI=1S/C45H48F3N5O6/c46-45(47,48)43(57)52-22-6-11-38(52)40(55)49-26-34-7-4-5-10-37(34)31-16-18-33(19-17-31)41-58-36(25-39(59-41)32-14-12-30(28-54)13-15-32)27-51-23-20-44(21-24-51)42(56)50-29-53(44)35-8-2-1-3-9-35/h1-5,7-10,12-19,36,38-39,41,54H,6,11,20-29H2,(H,49,55)(H,50,56)/t36-,38+,39+,41+/m1/s1. The molecule has 8 rings (SSSR count). The van der Waals surface area contributed by atoms with Gasteiger partial charge in [0.25, 0.3) is 0 Å². The van der Waals surface area contributed by atoms with E-state index in [0.717, 1.165) is 52.2 Å². The summed E-state index contributed by atoms with van der Waals surface area (Å²) in [5.74, 6) is -2.54. The molecule has 59 heavy (non-hydrogen) atoms. The molecular weight excluding hydrogens is 764 g/mol. The number of nitrogens with zero attached hydrogens (tertiary/aromatic N) is 3. The molecule has 3 N–H and O–H groups in total. The van der Waals surface area contributed by atoms with Crippen LogP contribution < -0.4 is 15.5 Å². The molecule has 3 amide bonds. The van der Waals surface area contributed by atoms with Gasteiger partial charge in [0.15, 0.2) is 6.29 Å². The second-order valence-electron chi connectivity index (χ2n) is 15.8. The van der Waals surface area contributed by atoms with E-state index in [1.54, 1.807) is 0 Å². The SMILES string of the molecule is O=C(NCc1ccccc1-c1ccc([C@H]2O[C@@H](CN3CCC4(CC3)C(=O)NCN4c3ccccc3)C[C@@H](c3ccc(CO)cc3)O2)cc1)[C@@H]1CCCN1C(=O)C(F)(F)F. The summed E-state index contributed by atoms with van der Waals surface area (Å²) in [5.41, 5.74) is 5.51. The van der Waals surface area contributed by atoms with Gasteiger partial charge in [0.1, 0.15) is 11.6 Å². The first-order valence-corrected chi connectivity index (χ1v) is 20.2. The largest absolute Gasteiger partial charge is 0.471 e. The normalized spacial score (nSPS) is 23.4. The molecule has 0 saturated carbocycles. The topological polar surface area (TPSA) is 124 Å². The number of benzene rings is 4. The van der Waals surface area contributed by atoms with Gasteiger partial charge < -0.3 is 39.9 Å². The van der Waals surface area contributed by atoms with E-state index in [9.17, 15) is 32.7 Å². The molecule has 4 aromatic rings. The van der Waals surface area contributed by atoms with Crippen LogP contribution in [0.3, 0.4) is 0 Å². The third-order valence-electron chi connectivity index (χ3n) is 12.2. The van der Waals surface area contributed by atoms with E-state index in [-0.39, 0.29) is 44.2 Å². The fraction of sp³-hybridized carbons (Fsp3) is 0.400. The summed E-state index contributed by atoms with van der Waals surface area (Å²) >= 11 is 0. The summed E-state index contributed by atoms with van der Waals surface area (Å²) in [5, 5.41) is 15.5. The van der Waals surface area contributed by atoms with Crippen LogP contribution >= 0.6 is 0 Å². The molecule has 4 heterocycles. The van der Waals surface area contributed by atoms with Crippen molar-refractivity contribution in [2.24, 2.45) is 0 Å². The number of halogens is 3. The van der Waals surface area contributed by atoms with Crippen molar-refractivity contribution < 1.29 is 42.1 Å². The first kappa shape index (κ1) is 40.5. The first-order valence-electron chi connectivity index (χ1n) is 20.2. The number of anilines is 1. The second kappa shape index (κ2) is 17.1. The second-order valence-corrected chi connectivity index (χ2v) is 15.8. The van der Waals surface area contributed by atoms with Gasteiger partial charge in [0.2, 0.25) is 11.8 Å². The Morgan fingerprint density at radius 3 is 2.27 bits per heavy atom. The van der Waals surface area contributed by atoms with Crippen molar-refractivity contribution in [1.29, 1.82) is 0 Å². The molecule has 4 aromatic carbocycles. The number of ether oxygens (including phenoxy) is 2. The highest BCUT2D eigenvalue weighted by atomic mass is 19.4. The number of para-hydroxylation sites is 1. The number of hydrogen-bond donors (Lipinski definition) is 3. The lowest BCUT2D eigenvalue weighted by Crippen LogP contribution is -2.57. The number of piperidine rings is 1. The van der Waals surface area contributed by atoms with Gasteiger partial charge in [-0.15, -0.1) is 0 Å². The van der Waals surface area contributed by atoms with Gasteiger partial charge in [0.05, 0.1) is 25.5 Å². The Morgan fingerprint density at radius 2 is 1.56 bits per heavy atom. The molecule has 4 aliphatic heterocycles. The number of likely N-dealkylation sites (tertiary alicyclic amines) is 2. The van der Waals surface area contributed by atoms with E-state index >= 15 is 0 Å². The highest BCUT2D eigenvalue weighted by Crippen LogP contribution is 2.41. The third kappa shape index (κ3) is 8.58. The number of carbonyl (C=O) groups excluding carboxylic acids is 3. The lowest BCUT2D eigenvalue weighted by atomic mass is 9.85. The number of aliphatic hydroxyl groups is 1. The highest BCUT2D eigenvalue weighted by molar-refractivity contribution is 5.93. The summed E-state index contributed by atoms with van der Waals surface area (Å²) in [4.78, 5) is 43.5. The predicted octanol–water partition coefficient (Wildman–Crippen LogP) is 5.99. The van der Waals surface area contributed by atoms with Crippen LogP contribution in [0.2, 0.25) is 0 Å². The minimum atomic E-state index is -5.04. The van der Waals surface area contributed by atoms with Crippen molar-refractivity contribution in [2.45, 2.75) is 81.5 Å². The van der Waals surface area contributed by atoms with E-state index in [2.05, 4.69) is 20.4 Å². The lowest BCUT2D eigenvalue weighted by Gasteiger charge is -2.45. The summed E-state index contributed by atoms with van der Waals surface area (Å²) in [7, 11) is 0. The Bertz CT molecular complexity index is 2110. The Labute approximate surface area is 341 Å². The van der Waals surface area contributed by atoms with E-state index < -0.39 is 35.9 Å². The molecule has 4 saturated heterocycles. The number of rotatable bonds is 10. The molecule has 0 bridgehead atoms. The first-order chi connectivity index (χ1) is 28.5. The van der Waals surface area contributed by atoms with Gasteiger partial charge in [-0.05, 0) is 65.6 Å². The average Bonchev–Trinajstić information content (AvgIpc) is 3.88. The van der Waals surface area contributed by atoms with E-state index in [1.165, 1.54) is 0 Å². The summed E-state index contributed by atoms with van der Waals surface area (Å²) < 4.78 is 52.8. The summed E-state index contributed by atoms with van der Waals surface area (Å²) in [6, 6.07) is 31.9. The molecule has 0 radical (unpaired) electrons. The van der Waals surface area contributed by atoms with Crippen molar-refractivity contribution in [3.8, 4) is 11.1 Å². The van der Waals surface area contributed by atoms with Crippen LogP contribution in [0.15, 0.2) is 103 Å². The Kier molecular flexibility index (Phi) is 11.8. The monoisotopic (exact) mass is 811 g/mol. The minimum absolute atomic E-state index is 0.0553. The molecule has 4 aliphatic rings. The van der Waals surface area contributed by atoms with Crippen molar-refractivity contribution in [2.75, 3.05) is 37.7 Å². The zero-order valence-corrected chi connectivity index (χ0v) is 32.6. The van der Waals surface area contributed by atoms with Gasteiger partial charge in [-0.3, -0.25) is 14.4 Å². The summed E-state index contributed by atoms with van der Waals surface area (Å²) in [6.07, 6.45) is -3.69. The van der Waals surface area contributed by atoms with Crippen LogP contribution in [0.4, 0.5) is 18.9 Å². The maximum Gasteiger partial charge on any atom is 0.471 e. The zero-order chi connectivity index (χ0) is 41.1. The number of nitrogens with one attached hydrogen (secondary N) is 2. The smallest absolute Gasteiger partial charge is 0.392 e. The van der Waals surface area contributed by atoms with Crippen LogP contribution in [-0.4, -0.2) is 89.3 Å². The number of hydrogen-bond acceptors (Lipinski definition) is 8. The van der Waals surface area contributed by atoms with Crippen molar-refractivity contribution in [1.82, 2.24) is 20.4 Å². The number of amides is 3. The van der Waals surface area contributed by atoms with Crippen LogP contribution in [0.25, 0.3) is 11.1 Å². The lowest BCUT2D eigenvalue weighted by molar-refractivity contribution is -0.253. The predicted molar refractivity (Wildman–Crippen MR) is 213 cm³/mol. The molecule has 4 atom stereocenters. The number of alkyl halides is 3. The molecule has 0 aliphatic carbocycles. The molecule has 0 unspecified atom stereocenters. The maximum atomic E-state index is 13.3. The van der Waals surface area contributed by atoms with Crippen LogP contribution in [0, 0.1) is 0 Å². The Morgan fingerprint density at radius 1 is 0.864 bits per heavy atom. The van der Waals surface area contributed by atoms with E-state index in [4.69, 9.17) is 9.47 Å². The van der Waals surface area contributed by atoms with E-state index in [1.807, 2.05) is 103 Å². The van der Waals surface area contributed by atoms with Crippen LogP contribution in [0.1, 0.15) is 66.8 Å². The van der Waals surface area contributed by atoms with Gasteiger partial charge in [-0.1, -0.05) is 91.0 Å². The van der Waals surface area contributed by atoms with Crippen molar-refractivity contribution >= 4 is 23.4 Å². The zero-order valence-electron chi connectivity index (χ0n) is 32.6. The van der Waals surface area contributed by atoms with Gasteiger partial charge in [-0.2, -0.15) is 13.2 Å². The fourth-order valence-electron chi connectivity index (χ4n) is 8.98. The Hall–Kier alpha value is -5.28. The molecule has 14 heteroatoms. The Balaban J connectivity index is 0.956. The molecule has 310 valence electrons. The van der Waals surface area contributed by atoms with Crippen molar-refractivity contribution in [3.63, 3.8) is 0 Å². The third-order valence-corrected chi connectivity index (χ3v) is 12.2. The maximum absolute atomic E-state index is 13.3. The highest BCUT2D eigenvalue weighted by Gasteiger charge is 2.51. The van der Waals surface area contributed by atoms with Gasteiger partial charge in [0, 0.05) is 50.4 Å². The quantitative estimate of drug-likeness (QED) is 0.179. The minimum Gasteiger partial charge on any atom is -0.392 e. The fourth-order valence-corrected chi connectivity index (χ4v) is 8.98. The molecule has 0 aromatic heterocycles. The number of carbonyl (C=O) groups is 3. The molecular formula is C45H48F3N5O6. The van der Waals surface area contributed by atoms with Gasteiger partial charge >= 0.3 is 12.1 Å².